The molecule has 5 heteroatoms. The number of furan rings is 1. The molecule has 49 heavy (non-hydrogen) atoms. The van der Waals surface area contributed by atoms with Gasteiger partial charge >= 0.3 is 0 Å². The molecule has 0 bridgehead atoms. The molecule has 0 saturated heterocycles. The maximum Gasteiger partial charge on any atom is 0.162 e. The summed E-state index contributed by atoms with van der Waals surface area (Å²) in [6, 6.07) is 52.7. The third kappa shape index (κ3) is 4.67. The molecule has 3 heterocycles. The molecule has 7 aromatic carbocycles. The van der Waals surface area contributed by atoms with Crippen molar-refractivity contribution < 1.29 is 4.42 Å². The zero-order valence-electron chi connectivity index (χ0n) is 26.3. The minimum Gasteiger partial charge on any atom is -0.454 e. The zero-order valence-corrected chi connectivity index (χ0v) is 26.3. The lowest BCUT2D eigenvalue weighted by atomic mass is 9.99. The van der Waals surface area contributed by atoms with Crippen molar-refractivity contribution in [3.63, 3.8) is 0 Å². The number of rotatable bonds is 4. The van der Waals surface area contributed by atoms with Crippen molar-refractivity contribution in [3.05, 3.63) is 175 Å². The van der Waals surface area contributed by atoms with Crippen LogP contribution in [0, 0.1) is 0 Å². The standard InChI is InChI=1S/C44H28N4O/c1-2-12-29(13-3-1)42-46-43(35-21-19-28-11-5-7-15-31(28)23-35)48-44(47-42)37-26-45-40(34-20-18-27-10-4-6-14-30(27)22-34)41-39(37)36-24-32-16-8-9-17-33(32)25-38(36)49-41/h1-26,42H,(H,46,47,48). The number of hydrogen-bond acceptors (Lipinski definition) is 5. The molecule has 1 aliphatic heterocycles. The van der Waals surface area contributed by atoms with E-state index >= 15 is 0 Å². The van der Waals surface area contributed by atoms with Gasteiger partial charge in [0.25, 0.3) is 0 Å². The second-order valence-corrected chi connectivity index (χ2v) is 12.5. The van der Waals surface area contributed by atoms with Crippen LogP contribution in [0.2, 0.25) is 0 Å². The van der Waals surface area contributed by atoms with Crippen LogP contribution in [0.25, 0.3) is 65.5 Å². The number of fused-ring (bicyclic) bond motifs is 6. The second kappa shape index (κ2) is 11.0. The third-order valence-electron chi connectivity index (χ3n) is 9.51. The summed E-state index contributed by atoms with van der Waals surface area (Å²) in [6.45, 7) is 0. The van der Waals surface area contributed by atoms with Gasteiger partial charge < -0.3 is 9.73 Å². The first-order valence-corrected chi connectivity index (χ1v) is 16.5. The number of aromatic nitrogens is 1. The summed E-state index contributed by atoms with van der Waals surface area (Å²) < 4.78 is 6.78. The van der Waals surface area contributed by atoms with E-state index in [4.69, 9.17) is 19.4 Å². The molecular formula is C44H28N4O. The fourth-order valence-corrected chi connectivity index (χ4v) is 7.04. The lowest BCUT2D eigenvalue weighted by molar-refractivity contribution is 0.668. The summed E-state index contributed by atoms with van der Waals surface area (Å²) in [5, 5.41) is 12.5. The monoisotopic (exact) mass is 628 g/mol. The van der Waals surface area contributed by atoms with Crippen molar-refractivity contribution in [3.8, 4) is 11.3 Å². The van der Waals surface area contributed by atoms with Crippen molar-refractivity contribution in [2.24, 2.45) is 9.98 Å². The van der Waals surface area contributed by atoms with Gasteiger partial charge in [0.1, 0.15) is 23.3 Å². The SMILES string of the molecule is c1ccc(C2N=C(c3cnc(-c4ccc5ccccc5c4)c4oc5cc6ccccc6cc5c34)N=C(c3ccc4ccccc4c3)N2)cc1. The molecule has 0 radical (unpaired) electrons. The van der Waals surface area contributed by atoms with Crippen LogP contribution in [0.1, 0.15) is 22.9 Å². The average molecular weight is 629 g/mol. The van der Waals surface area contributed by atoms with Crippen molar-refractivity contribution in [1.29, 1.82) is 0 Å². The first-order valence-electron chi connectivity index (χ1n) is 16.5. The highest BCUT2D eigenvalue weighted by Crippen LogP contribution is 2.40. The van der Waals surface area contributed by atoms with Gasteiger partial charge in [0.15, 0.2) is 11.4 Å². The Bertz CT molecular complexity index is 2810. The van der Waals surface area contributed by atoms with Crippen LogP contribution in [0.5, 0.6) is 0 Å². The van der Waals surface area contributed by atoms with Gasteiger partial charge in [-0.15, -0.1) is 0 Å². The summed E-state index contributed by atoms with van der Waals surface area (Å²) in [5.41, 5.74) is 6.18. The van der Waals surface area contributed by atoms with Gasteiger partial charge in [0.05, 0.1) is 0 Å². The van der Waals surface area contributed by atoms with E-state index in [0.717, 1.165) is 77.3 Å². The Morgan fingerprint density at radius 2 is 1.14 bits per heavy atom. The molecular weight excluding hydrogens is 601 g/mol. The number of amidine groups is 2. The molecule has 1 unspecified atom stereocenters. The molecule has 230 valence electrons. The van der Waals surface area contributed by atoms with E-state index < -0.39 is 0 Å². The average Bonchev–Trinajstić information content (AvgIpc) is 3.54. The van der Waals surface area contributed by atoms with Crippen LogP contribution in [-0.4, -0.2) is 16.7 Å². The number of pyridine rings is 1. The Kier molecular flexibility index (Phi) is 6.18. The molecule has 10 rings (SSSR count). The Morgan fingerprint density at radius 3 is 1.86 bits per heavy atom. The number of nitrogens with one attached hydrogen (secondary N) is 1. The van der Waals surface area contributed by atoms with E-state index in [1.807, 2.05) is 24.4 Å². The Hall–Kier alpha value is -6.59. The first-order chi connectivity index (χ1) is 24.2. The molecule has 0 saturated carbocycles. The summed E-state index contributed by atoms with van der Waals surface area (Å²) in [4.78, 5) is 15.6. The summed E-state index contributed by atoms with van der Waals surface area (Å²) in [5.74, 6) is 1.36. The van der Waals surface area contributed by atoms with Gasteiger partial charge in [-0.1, -0.05) is 127 Å². The van der Waals surface area contributed by atoms with Gasteiger partial charge in [-0.05, 0) is 62.1 Å². The number of aliphatic imine (C=N–C) groups is 2. The molecule has 2 aromatic heterocycles. The van der Waals surface area contributed by atoms with Gasteiger partial charge in [-0.3, -0.25) is 4.98 Å². The highest BCUT2D eigenvalue weighted by molar-refractivity contribution is 6.24. The third-order valence-corrected chi connectivity index (χ3v) is 9.51. The highest BCUT2D eigenvalue weighted by atomic mass is 16.3. The van der Waals surface area contributed by atoms with Gasteiger partial charge in [0, 0.05) is 33.7 Å². The highest BCUT2D eigenvalue weighted by Gasteiger charge is 2.26. The molecule has 1 aliphatic rings. The van der Waals surface area contributed by atoms with Crippen LogP contribution < -0.4 is 5.32 Å². The van der Waals surface area contributed by atoms with E-state index in [1.165, 1.54) is 10.8 Å². The van der Waals surface area contributed by atoms with E-state index in [9.17, 15) is 0 Å². The Balaban J connectivity index is 1.23. The Labute approximate surface area is 281 Å². The van der Waals surface area contributed by atoms with E-state index in [-0.39, 0.29) is 6.17 Å². The largest absolute Gasteiger partial charge is 0.454 e. The predicted octanol–water partition coefficient (Wildman–Crippen LogP) is 10.6. The predicted molar refractivity (Wildman–Crippen MR) is 201 cm³/mol. The van der Waals surface area contributed by atoms with Crippen molar-refractivity contribution in [2.75, 3.05) is 0 Å². The minimum absolute atomic E-state index is 0.343. The quantitative estimate of drug-likeness (QED) is 0.211. The first kappa shape index (κ1) is 27.5. The van der Waals surface area contributed by atoms with Crippen LogP contribution >= 0.6 is 0 Å². The number of hydrogen-bond donors (Lipinski definition) is 1. The number of nitrogens with zero attached hydrogens (tertiary/aromatic N) is 3. The second-order valence-electron chi connectivity index (χ2n) is 12.5. The van der Waals surface area contributed by atoms with Crippen LogP contribution in [0.15, 0.2) is 172 Å². The molecule has 9 aromatic rings. The lowest BCUT2D eigenvalue weighted by Crippen LogP contribution is -2.33. The Morgan fingerprint density at radius 1 is 0.551 bits per heavy atom. The molecule has 1 atom stereocenters. The summed E-state index contributed by atoms with van der Waals surface area (Å²) in [7, 11) is 0. The van der Waals surface area contributed by atoms with E-state index in [0.29, 0.717) is 5.84 Å². The molecule has 0 aliphatic carbocycles. The summed E-state index contributed by atoms with van der Waals surface area (Å²) in [6.07, 6.45) is 1.58. The molecule has 0 fully saturated rings. The fourth-order valence-electron chi connectivity index (χ4n) is 7.04. The van der Waals surface area contributed by atoms with Crippen LogP contribution in [0.3, 0.4) is 0 Å². The minimum atomic E-state index is -0.343. The zero-order chi connectivity index (χ0) is 32.3. The smallest absolute Gasteiger partial charge is 0.162 e. The lowest BCUT2D eigenvalue weighted by Gasteiger charge is -2.24. The molecule has 0 amide bonds. The van der Waals surface area contributed by atoms with Crippen LogP contribution in [0.4, 0.5) is 0 Å². The van der Waals surface area contributed by atoms with Crippen LogP contribution in [-0.2, 0) is 0 Å². The van der Waals surface area contributed by atoms with Crippen molar-refractivity contribution in [2.45, 2.75) is 6.17 Å². The molecule has 1 N–H and O–H groups in total. The normalized spacial score (nSPS) is 14.7. The molecule has 5 nitrogen and oxygen atoms in total. The topological polar surface area (TPSA) is 62.8 Å². The maximum atomic E-state index is 6.78. The van der Waals surface area contributed by atoms with E-state index in [2.05, 4.69) is 139 Å². The van der Waals surface area contributed by atoms with E-state index in [1.54, 1.807) is 0 Å². The maximum absolute atomic E-state index is 6.78. The van der Waals surface area contributed by atoms with Crippen molar-refractivity contribution in [1.82, 2.24) is 10.3 Å². The number of benzene rings is 7. The fraction of sp³-hybridized carbons (Fsp3) is 0.0227. The molecule has 0 spiro atoms. The summed E-state index contributed by atoms with van der Waals surface area (Å²) >= 11 is 0. The van der Waals surface area contributed by atoms with Crippen molar-refractivity contribution >= 4 is 65.9 Å². The van der Waals surface area contributed by atoms with Gasteiger partial charge in [-0.25, -0.2) is 9.98 Å². The van der Waals surface area contributed by atoms with Gasteiger partial charge in [-0.2, -0.15) is 0 Å². The van der Waals surface area contributed by atoms with Gasteiger partial charge in [0.2, 0.25) is 0 Å².